The first-order valence-corrected chi connectivity index (χ1v) is 5.67. The standard InChI is InChI=1S/C10H12FNO2S/c1-12(2)10(13)7-15(14)9-6-4-3-5-8(9)11/h3-6H,7H2,1-2H3. The van der Waals surface area contributed by atoms with Gasteiger partial charge in [0.25, 0.3) is 0 Å². The number of amides is 1. The molecule has 0 N–H and O–H groups in total. The van der Waals surface area contributed by atoms with Gasteiger partial charge in [-0.3, -0.25) is 9.00 Å². The van der Waals surface area contributed by atoms with Gasteiger partial charge in [-0.25, -0.2) is 4.39 Å². The quantitative estimate of drug-likeness (QED) is 0.776. The van der Waals surface area contributed by atoms with E-state index < -0.39 is 16.6 Å². The molecule has 1 atom stereocenters. The second-order valence-electron chi connectivity index (χ2n) is 3.21. The van der Waals surface area contributed by atoms with Crippen LogP contribution >= 0.6 is 0 Å². The Kier molecular flexibility index (Phi) is 3.96. The fourth-order valence-corrected chi connectivity index (χ4v) is 2.10. The molecule has 0 saturated carbocycles. The van der Waals surface area contributed by atoms with Crippen molar-refractivity contribution < 1.29 is 13.4 Å². The van der Waals surface area contributed by atoms with Crippen LogP contribution in [0.15, 0.2) is 29.2 Å². The highest BCUT2D eigenvalue weighted by atomic mass is 32.2. The van der Waals surface area contributed by atoms with Gasteiger partial charge in [0.15, 0.2) is 0 Å². The van der Waals surface area contributed by atoms with Gasteiger partial charge in [0.2, 0.25) is 5.91 Å². The summed E-state index contributed by atoms with van der Waals surface area (Å²) in [6, 6.07) is 5.77. The molecule has 0 heterocycles. The molecule has 0 aliphatic heterocycles. The van der Waals surface area contributed by atoms with Crippen LogP contribution in [0.2, 0.25) is 0 Å². The molecule has 82 valence electrons. The predicted octanol–water partition coefficient (Wildman–Crippen LogP) is 1.02. The van der Waals surface area contributed by atoms with Crippen LogP contribution in [-0.2, 0) is 15.6 Å². The predicted molar refractivity (Wildman–Crippen MR) is 56.4 cm³/mol. The summed E-state index contributed by atoms with van der Waals surface area (Å²) in [6.45, 7) is 0. The molecule has 1 rings (SSSR count). The maximum absolute atomic E-state index is 13.2. The highest BCUT2D eigenvalue weighted by molar-refractivity contribution is 7.85. The molecule has 1 aromatic rings. The van der Waals surface area contributed by atoms with E-state index in [4.69, 9.17) is 0 Å². The molecule has 0 spiro atoms. The third kappa shape index (κ3) is 3.13. The van der Waals surface area contributed by atoms with Crippen molar-refractivity contribution in [1.82, 2.24) is 4.90 Å². The van der Waals surface area contributed by atoms with Gasteiger partial charge in [-0.15, -0.1) is 0 Å². The van der Waals surface area contributed by atoms with Gasteiger partial charge in [-0.1, -0.05) is 12.1 Å². The number of benzene rings is 1. The largest absolute Gasteiger partial charge is 0.348 e. The van der Waals surface area contributed by atoms with Crippen molar-refractivity contribution in [2.45, 2.75) is 4.90 Å². The van der Waals surface area contributed by atoms with Crippen LogP contribution in [0.5, 0.6) is 0 Å². The van der Waals surface area contributed by atoms with Gasteiger partial charge < -0.3 is 4.90 Å². The first-order chi connectivity index (χ1) is 7.02. The van der Waals surface area contributed by atoms with E-state index in [-0.39, 0.29) is 16.6 Å². The molecule has 5 heteroatoms. The molecule has 1 amide bonds. The van der Waals surface area contributed by atoms with E-state index in [0.29, 0.717) is 0 Å². The van der Waals surface area contributed by atoms with Gasteiger partial charge in [0.1, 0.15) is 11.6 Å². The Morgan fingerprint density at radius 2 is 2.00 bits per heavy atom. The molecule has 0 aliphatic rings. The van der Waals surface area contributed by atoms with Gasteiger partial charge in [0, 0.05) is 14.1 Å². The monoisotopic (exact) mass is 229 g/mol. The molecule has 0 bridgehead atoms. The third-order valence-electron chi connectivity index (χ3n) is 1.84. The lowest BCUT2D eigenvalue weighted by Crippen LogP contribution is -2.27. The number of halogens is 1. The SMILES string of the molecule is CN(C)C(=O)CS(=O)c1ccccc1F. The first kappa shape index (κ1) is 11.8. The number of carbonyl (C=O) groups is 1. The topological polar surface area (TPSA) is 37.4 Å². The van der Waals surface area contributed by atoms with Crippen LogP contribution < -0.4 is 0 Å². The van der Waals surface area contributed by atoms with Crippen LogP contribution in [0.25, 0.3) is 0 Å². The maximum Gasteiger partial charge on any atom is 0.235 e. The molecule has 0 aliphatic carbocycles. The van der Waals surface area contributed by atoms with E-state index in [2.05, 4.69) is 0 Å². The number of hydrogen-bond acceptors (Lipinski definition) is 2. The summed E-state index contributed by atoms with van der Waals surface area (Å²) in [7, 11) is 1.53. The van der Waals surface area contributed by atoms with Crippen molar-refractivity contribution in [2.24, 2.45) is 0 Å². The second-order valence-corrected chi connectivity index (χ2v) is 4.63. The zero-order chi connectivity index (χ0) is 11.4. The molecule has 1 aromatic carbocycles. The third-order valence-corrected chi connectivity index (χ3v) is 3.17. The minimum Gasteiger partial charge on any atom is -0.348 e. The Hall–Kier alpha value is -1.23. The number of rotatable bonds is 3. The summed E-state index contributed by atoms with van der Waals surface area (Å²) in [4.78, 5) is 12.7. The van der Waals surface area contributed by atoms with Crippen molar-refractivity contribution in [3.8, 4) is 0 Å². The smallest absolute Gasteiger partial charge is 0.235 e. The molecule has 0 saturated heterocycles. The Balaban J connectivity index is 2.79. The molecular formula is C10H12FNO2S. The van der Waals surface area contributed by atoms with Gasteiger partial charge in [-0.2, -0.15) is 0 Å². The molecule has 0 fully saturated rings. The van der Waals surface area contributed by atoms with Crippen LogP contribution in [0.3, 0.4) is 0 Å². The molecule has 1 unspecified atom stereocenters. The lowest BCUT2D eigenvalue weighted by atomic mass is 10.3. The number of hydrogen-bond donors (Lipinski definition) is 0. The Morgan fingerprint density at radius 3 is 2.53 bits per heavy atom. The Morgan fingerprint density at radius 1 is 1.40 bits per heavy atom. The van der Waals surface area contributed by atoms with E-state index >= 15 is 0 Å². The summed E-state index contributed by atoms with van der Waals surface area (Å²) in [5, 5.41) is 0. The normalized spacial score (nSPS) is 12.2. The minimum absolute atomic E-state index is 0.0766. The van der Waals surface area contributed by atoms with E-state index in [9.17, 15) is 13.4 Å². The fraction of sp³-hybridized carbons (Fsp3) is 0.300. The summed E-state index contributed by atoms with van der Waals surface area (Å²) >= 11 is 0. The zero-order valence-corrected chi connectivity index (χ0v) is 9.38. The van der Waals surface area contributed by atoms with Crippen LogP contribution in [-0.4, -0.2) is 34.9 Å². The van der Waals surface area contributed by atoms with Crippen molar-refractivity contribution in [3.63, 3.8) is 0 Å². The minimum atomic E-state index is -1.61. The van der Waals surface area contributed by atoms with E-state index in [1.807, 2.05) is 0 Å². The van der Waals surface area contributed by atoms with Crippen LogP contribution in [0.1, 0.15) is 0 Å². The summed E-state index contributed by atoms with van der Waals surface area (Å²) in [5.41, 5.74) is 0. The molecule has 0 radical (unpaired) electrons. The molecule has 15 heavy (non-hydrogen) atoms. The summed E-state index contributed by atoms with van der Waals surface area (Å²) in [6.07, 6.45) is 0. The van der Waals surface area contributed by atoms with Gasteiger partial charge >= 0.3 is 0 Å². The van der Waals surface area contributed by atoms with Gasteiger partial charge in [0.05, 0.1) is 15.7 Å². The number of nitrogens with zero attached hydrogens (tertiary/aromatic N) is 1. The number of carbonyl (C=O) groups excluding carboxylic acids is 1. The highest BCUT2D eigenvalue weighted by Gasteiger charge is 2.14. The molecular weight excluding hydrogens is 217 g/mol. The van der Waals surface area contributed by atoms with E-state index in [1.165, 1.54) is 23.1 Å². The van der Waals surface area contributed by atoms with Crippen molar-refractivity contribution >= 4 is 16.7 Å². The highest BCUT2D eigenvalue weighted by Crippen LogP contribution is 2.11. The van der Waals surface area contributed by atoms with Crippen molar-refractivity contribution in [2.75, 3.05) is 19.8 Å². The lowest BCUT2D eigenvalue weighted by molar-refractivity contribution is -0.125. The first-order valence-electron chi connectivity index (χ1n) is 4.35. The Labute approximate surface area is 90.4 Å². The summed E-state index contributed by atoms with van der Waals surface area (Å²) < 4.78 is 24.8. The average molecular weight is 229 g/mol. The van der Waals surface area contributed by atoms with Crippen LogP contribution in [0, 0.1) is 5.82 Å². The molecule has 3 nitrogen and oxygen atoms in total. The van der Waals surface area contributed by atoms with Crippen molar-refractivity contribution in [1.29, 1.82) is 0 Å². The fourth-order valence-electron chi connectivity index (χ4n) is 0.948. The zero-order valence-electron chi connectivity index (χ0n) is 8.57. The molecule has 0 aromatic heterocycles. The lowest BCUT2D eigenvalue weighted by Gasteiger charge is -2.09. The maximum atomic E-state index is 13.2. The van der Waals surface area contributed by atoms with Crippen molar-refractivity contribution in [3.05, 3.63) is 30.1 Å². The average Bonchev–Trinajstić information content (AvgIpc) is 2.18. The van der Waals surface area contributed by atoms with Crippen LogP contribution in [0.4, 0.5) is 4.39 Å². The second kappa shape index (κ2) is 5.02. The van der Waals surface area contributed by atoms with Gasteiger partial charge in [-0.05, 0) is 12.1 Å². The van der Waals surface area contributed by atoms with E-state index in [1.54, 1.807) is 20.2 Å². The summed E-state index contributed by atoms with van der Waals surface area (Å²) in [5.74, 6) is -1.01. The van der Waals surface area contributed by atoms with E-state index in [0.717, 1.165) is 0 Å². The Bertz CT molecular complexity index is 393.